The highest BCUT2D eigenvalue weighted by atomic mass is 19.1. The molecule has 2 fully saturated rings. The first-order valence-electron chi connectivity index (χ1n) is 7.30. The van der Waals surface area contributed by atoms with E-state index in [1.54, 1.807) is 17.0 Å². The fraction of sp³-hybridized carbons (Fsp3) is 0.429. The number of nitrogens with one attached hydrogen (secondary N) is 1. The van der Waals surface area contributed by atoms with E-state index in [-0.39, 0.29) is 12.6 Å². The monoisotopic (exact) mass is 323 g/mol. The first-order chi connectivity index (χ1) is 11.1. The molecule has 1 aromatic carbocycles. The number of anilines is 2. The van der Waals surface area contributed by atoms with Crippen LogP contribution in [0.2, 0.25) is 0 Å². The molecule has 2 heterocycles. The van der Waals surface area contributed by atoms with Crippen LogP contribution in [0.1, 0.15) is 0 Å². The Balaban J connectivity index is 1.74. The van der Waals surface area contributed by atoms with Crippen molar-refractivity contribution in [2.45, 2.75) is 6.10 Å². The average molecular weight is 323 g/mol. The fourth-order valence-electron chi connectivity index (χ4n) is 2.63. The van der Waals surface area contributed by atoms with Gasteiger partial charge in [0.25, 0.3) is 0 Å². The van der Waals surface area contributed by atoms with Gasteiger partial charge in [-0.15, -0.1) is 0 Å². The minimum absolute atomic E-state index is 0.232. The van der Waals surface area contributed by atoms with Gasteiger partial charge in [0, 0.05) is 13.1 Å². The zero-order valence-electron chi connectivity index (χ0n) is 12.4. The van der Waals surface area contributed by atoms with E-state index in [1.807, 2.05) is 0 Å². The molecule has 0 saturated carbocycles. The van der Waals surface area contributed by atoms with Gasteiger partial charge in [-0.3, -0.25) is 14.7 Å². The summed E-state index contributed by atoms with van der Waals surface area (Å²) >= 11 is 0. The van der Waals surface area contributed by atoms with E-state index in [1.165, 1.54) is 16.0 Å². The molecule has 2 saturated heterocycles. The molecule has 9 heteroatoms. The highest BCUT2D eigenvalue weighted by Crippen LogP contribution is 2.28. The van der Waals surface area contributed by atoms with Crippen LogP contribution in [-0.2, 0) is 9.53 Å². The lowest BCUT2D eigenvalue weighted by Gasteiger charge is -2.35. The van der Waals surface area contributed by atoms with Crippen molar-refractivity contribution in [2.75, 3.05) is 42.6 Å². The van der Waals surface area contributed by atoms with Gasteiger partial charge in [0.05, 0.1) is 31.1 Å². The minimum atomic E-state index is -0.520. The number of ether oxygens (including phenoxy) is 1. The molecular weight excluding hydrogens is 305 g/mol. The SMILES string of the molecule is NC[C@H]1CN(c2ccc(N3CCN(C=O)NC3)c(F)c2)C(=O)O1. The van der Waals surface area contributed by atoms with E-state index in [0.717, 1.165) is 0 Å². The van der Waals surface area contributed by atoms with Crippen molar-refractivity contribution in [2.24, 2.45) is 5.73 Å². The summed E-state index contributed by atoms with van der Waals surface area (Å²) < 4.78 is 19.5. The van der Waals surface area contributed by atoms with E-state index in [9.17, 15) is 14.0 Å². The molecule has 0 bridgehead atoms. The predicted molar refractivity (Wildman–Crippen MR) is 81.2 cm³/mol. The van der Waals surface area contributed by atoms with Crippen molar-refractivity contribution in [1.29, 1.82) is 0 Å². The summed E-state index contributed by atoms with van der Waals surface area (Å²) in [5.74, 6) is -0.437. The number of amides is 2. The predicted octanol–water partition coefficient (Wildman–Crippen LogP) is -0.150. The lowest BCUT2D eigenvalue weighted by molar-refractivity contribution is -0.121. The van der Waals surface area contributed by atoms with Crippen LogP contribution >= 0.6 is 0 Å². The maximum atomic E-state index is 14.4. The smallest absolute Gasteiger partial charge is 0.414 e. The number of hydrazine groups is 1. The Kier molecular flexibility index (Phi) is 4.30. The van der Waals surface area contributed by atoms with Crippen LogP contribution in [0.15, 0.2) is 18.2 Å². The van der Waals surface area contributed by atoms with E-state index in [0.29, 0.717) is 44.1 Å². The number of nitrogens with zero attached hydrogens (tertiary/aromatic N) is 3. The molecule has 3 rings (SSSR count). The number of hydrogen-bond acceptors (Lipinski definition) is 6. The molecule has 3 N–H and O–H groups in total. The van der Waals surface area contributed by atoms with Gasteiger partial charge >= 0.3 is 6.09 Å². The lowest BCUT2D eigenvalue weighted by Crippen LogP contribution is -2.53. The topological polar surface area (TPSA) is 91.1 Å². The summed E-state index contributed by atoms with van der Waals surface area (Å²) in [6.45, 7) is 1.85. The Morgan fingerprint density at radius 2 is 2.26 bits per heavy atom. The molecule has 2 amide bonds. The first kappa shape index (κ1) is 15.5. The molecule has 0 spiro atoms. The van der Waals surface area contributed by atoms with Crippen LogP contribution in [0.5, 0.6) is 0 Å². The zero-order chi connectivity index (χ0) is 16.4. The van der Waals surface area contributed by atoms with Gasteiger partial charge in [-0.05, 0) is 18.2 Å². The molecule has 1 atom stereocenters. The van der Waals surface area contributed by atoms with Gasteiger partial charge in [0.2, 0.25) is 6.41 Å². The second kappa shape index (κ2) is 6.39. The van der Waals surface area contributed by atoms with E-state index < -0.39 is 11.9 Å². The standard InChI is InChI=1S/C14H18FN5O3/c15-12-5-10(20-7-11(6-16)23-14(20)22)1-2-13(12)18-3-4-19(9-21)17-8-18/h1-2,5,9,11,17H,3-4,6-8,16H2/t11-/m0/s1. The van der Waals surface area contributed by atoms with E-state index in [2.05, 4.69) is 5.43 Å². The van der Waals surface area contributed by atoms with Crippen molar-refractivity contribution >= 4 is 23.9 Å². The molecule has 0 aromatic heterocycles. The first-order valence-corrected chi connectivity index (χ1v) is 7.30. The van der Waals surface area contributed by atoms with Gasteiger partial charge in [0.15, 0.2) is 0 Å². The Hall–Kier alpha value is -2.39. The largest absolute Gasteiger partial charge is 0.443 e. The second-order valence-corrected chi connectivity index (χ2v) is 5.37. The molecule has 2 aliphatic heterocycles. The normalized spacial score (nSPS) is 21.6. The Bertz CT molecular complexity index is 606. The number of cyclic esters (lactones) is 1. The van der Waals surface area contributed by atoms with Gasteiger partial charge in [-0.25, -0.2) is 14.6 Å². The molecule has 0 radical (unpaired) electrons. The summed E-state index contributed by atoms with van der Waals surface area (Å²) in [6.07, 6.45) is -0.191. The number of carbonyl (C=O) groups excluding carboxylic acids is 2. The third-order valence-electron chi connectivity index (χ3n) is 3.92. The zero-order valence-corrected chi connectivity index (χ0v) is 12.4. The van der Waals surface area contributed by atoms with Crippen LogP contribution in [0.25, 0.3) is 0 Å². The highest BCUT2D eigenvalue weighted by Gasteiger charge is 2.32. The van der Waals surface area contributed by atoms with Gasteiger partial charge in [-0.2, -0.15) is 0 Å². The number of nitrogens with two attached hydrogens (primary N) is 1. The molecule has 0 unspecified atom stereocenters. The quantitative estimate of drug-likeness (QED) is 0.749. The molecule has 0 aliphatic carbocycles. The number of rotatable bonds is 4. The van der Waals surface area contributed by atoms with Gasteiger partial charge in [0.1, 0.15) is 11.9 Å². The van der Waals surface area contributed by atoms with Crippen LogP contribution in [0, 0.1) is 5.82 Å². The van der Waals surface area contributed by atoms with Crippen LogP contribution < -0.4 is 21.0 Å². The van der Waals surface area contributed by atoms with Crippen molar-refractivity contribution in [3.8, 4) is 0 Å². The van der Waals surface area contributed by atoms with Gasteiger partial charge < -0.3 is 15.4 Å². The number of hydrogen-bond donors (Lipinski definition) is 2. The van der Waals surface area contributed by atoms with Crippen LogP contribution in [-0.4, -0.2) is 56.5 Å². The average Bonchev–Trinajstić information content (AvgIpc) is 2.96. The number of carbonyl (C=O) groups is 2. The van der Waals surface area contributed by atoms with Crippen molar-refractivity contribution < 1.29 is 18.7 Å². The summed E-state index contributed by atoms with van der Waals surface area (Å²) in [7, 11) is 0. The summed E-state index contributed by atoms with van der Waals surface area (Å²) in [4.78, 5) is 25.6. The minimum Gasteiger partial charge on any atom is -0.443 e. The van der Waals surface area contributed by atoms with Crippen molar-refractivity contribution in [3.05, 3.63) is 24.0 Å². The third kappa shape index (κ3) is 3.06. The maximum Gasteiger partial charge on any atom is 0.414 e. The van der Waals surface area contributed by atoms with Gasteiger partial charge in [-0.1, -0.05) is 0 Å². The summed E-state index contributed by atoms with van der Waals surface area (Å²) in [5, 5.41) is 1.41. The van der Waals surface area contributed by atoms with Crippen LogP contribution in [0.3, 0.4) is 0 Å². The highest BCUT2D eigenvalue weighted by molar-refractivity contribution is 5.90. The lowest BCUT2D eigenvalue weighted by atomic mass is 10.2. The second-order valence-electron chi connectivity index (χ2n) is 5.37. The van der Waals surface area contributed by atoms with E-state index >= 15 is 0 Å². The molecular formula is C14H18FN5O3. The molecule has 2 aliphatic rings. The number of benzene rings is 1. The fourth-order valence-corrected chi connectivity index (χ4v) is 2.63. The Morgan fingerprint density at radius 1 is 1.43 bits per heavy atom. The maximum absolute atomic E-state index is 14.4. The summed E-state index contributed by atoms with van der Waals surface area (Å²) in [6, 6.07) is 4.60. The Morgan fingerprint density at radius 3 is 2.83 bits per heavy atom. The Labute approximate surface area is 132 Å². The van der Waals surface area contributed by atoms with Crippen molar-refractivity contribution in [3.63, 3.8) is 0 Å². The van der Waals surface area contributed by atoms with E-state index in [4.69, 9.17) is 10.5 Å². The molecule has 8 nitrogen and oxygen atoms in total. The number of halogens is 1. The molecule has 23 heavy (non-hydrogen) atoms. The summed E-state index contributed by atoms with van der Waals surface area (Å²) in [5.41, 5.74) is 9.20. The third-order valence-corrected chi connectivity index (χ3v) is 3.92. The molecule has 124 valence electrons. The van der Waals surface area contributed by atoms with Crippen LogP contribution in [0.4, 0.5) is 20.6 Å². The molecule has 1 aromatic rings. The van der Waals surface area contributed by atoms with Crippen molar-refractivity contribution in [1.82, 2.24) is 10.4 Å².